The van der Waals surface area contributed by atoms with Crippen LogP contribution in [0.4, 0.5) is 4.39 Å². The van der Waals surface area contributed by atoms with Crippen molar-refractivity contribution in [2.75, 3.05) is 14.2 Å². The number of hydrogen-bond donors (Lipinski definition) is 1. The Morgan fingerprint density at radius 3 is 2.78 bits per heavy atom. The monoisotopic (exact) mass is 246 g/mol. The van der Waals surface area contributed by atoms with Gasteiger partial charge in [0.1, 0.15) is 11.6 Å². The Hall–Kier alpha value is -1.94. The smallest absolute Gasteiger partial charge is 0.137 e. The van der Waals surface area contributed by atoms with Crippen LogP contribution in [0.2, 0.25) is 0 Å². The van der Waals surface area contributed by atoms with Crippen molar-refractivity contribution in [3.63, 3.8) is 0 Å². The van der Waals surface area contributed by atoms with Gasteiger partial charge in [0.25, 0.3) is 0 Å². The molecule has 1 N–H and O–H groups in total. The van der Waals surface area contributed by atoms with Gasteiger partial charge in [-0.05, 0) is 24.7 Å². The minimum absolute atomic E-state index is 0.252. The molecule has 0 amide bonds. The standard InChI is InChI=1S/C14H15FN2O/c1-16-7-10-3-4-13(14(15)5-10)11-6-12(18-2)9-17-8-11/h3-6,8-9,16H,7H2,1-2H3. The summed E-state index contributed by atoms with van der Waals surface area (Å²) in [6, 6.07) is 6.96. The van der Waals surface area contributed by atoms with E-state index in [9.17, 15) is 4.39 Å². The molecule has 0 spiro atoms. The van der Waals surface area contributed by atoms with Gasteiger partial charge in [-0.25, -0.2) is 4.39 Å². The van der Waals surface area contributed by atoms with Crippen LogP contribution < -0.4 is 10.1 Å². The van der Waals surface area contributed by atoms with E-state index in [1.807, 2.05) is 13.1 Å². The van der Waals surface area contributed by atoms with Crippen molar-refractivity contribution in [2.45, 2.75) is 6.54 Å². The van der Waals surface area contributed by atoms with Crippen molar-refractivity contribution in [1.82, 2.24) is 10.3 Å². The molecule has 0 fully saturated rings. The molecule has 1 heterocycles. The lowest BCUT2D eigenvalue weighted by Crippen LogP contribution is -2.05. The van der Waals surface area contributed by atoms with E-state index in [0.29, 0.717) is 23.4 Å². The summed E-state index contributed by atoms with van der Waals surface area (Å²) in [6.45, 7) is 0.646. The fraction of sp³-hybridized carbons (Fsp3) is 0.214. The van der Waals surface area contributed by atoms with Gasteiger partial charge in [0.15, 0.2) is 0 Å². The first-order valence-electron chi connectivity index (χ1n) is 5.67. The summed E-state index contributed by atoms with van der Waals surface area (Å²) in [5, 5.41) is 2.99. The lowest BCUT2D eigenvalue weighted by Gasteiger charge is -2.07. The predicted octanol–water partition coefficient (Wildman–Crippen LogP) is 2.62. The molecule has 4 heteroatoms. The van der Waals surface area contributed by atoms with Crippen molar-refractivity contribution < 1.29 is 9.13 Å². The summed E-state index contributed by atoms with van der Waals surface area (Å²) in [5.74, 6) is 0.365. The predicted molar refractivity (Wildman–Crippen MR) is 68.9 cm³/mol. The van der Waals surface area contributed by atoms with Crippen LogP contribution >= 0.6 is 0 Å². The zero-order valence-electron chi connectivity index (χ0n) is 10.4. The fourth-order valence-electron chi connectivity index (χ4n) is 1.78. The molecule has 0 bridgehead atoms. The van der Waals surface area contributed by atoms with E-state index in [-0.39, 0.29) is 5.82 Å². The molecule has 18 heavy (non-hydrogen) atoms. The minimum Gasteiger partial charge on any atom is -0.495 e. The number of rotatable bonds is 4. The fourth-order valence-corrected chi connectivity index (χ4v) is 1.78. The third-order valence-corrected chi connectivity index (χ3v) is 2.67. The number of nitrogens with one attached hydrogen (secondary N) is 1. The Balaban J connectivity index is 2.38. The van der Waals surface area contributed by atoms with Crippen molar-refractivity contribution in [1.29, 1.82) is 0 Å². The van der Waals surface area contributed by atoms with Crippen molar-refractivity contribution in [2.24, 2.45) is 0 Å². The molecule has 3 nitrogen and oxygen atoms in total. The Morgan fingerprint density at radius 2 is 2.11 bits per heavy atom. The van der Waals surface area contributed by atoms with Gasteiger partial charge in [-0.2, -0.15) is 0 Å². The number of ether oxygens (including phenoxy) is 1. The maximum Gasteiger partial charge on any atom is 0.137 e. The molecule has 2 rings (SSSR count). The second kappa shape index (κ2) is 5.60. The van der Waals surface area contributed by atoms with E-state index in [1.54, 1.807) is 31.6 Å². The summed E-state index contributed by atoms with van der Waals surface area (Å²) in [7, 11) is 3.39. The highest BCUT2D eigenvalue weighted by molar-refractivity contribution is 5.64. The summed E-state index contributed by atoms with van der Waals surface area (Å²) < 4.78 is 19.1. The number of halogens is 1. The van der Waals surface area contributed by atoms with Crippen molar-refractivity contribution in [3.8, 4) is 16.9 Å². The number of aromatic nitrogens is 1. The van der Waals surface area contributed by atoms with Crippen LogP contribution in [0, 0.1) is 5.82 Å². The molecule has 0 radical (unpaired) electrons. The Bertz CT molecular complexity index is 543. The van der Waals surface area contributed by atoms with Gasteiger partial charge in [-0.15, -0.1) is 0 Å². The van der Waals surface area contributed by atoms with Gasteiger partial charge in [0.2, 0.25) is 0 Å². The quantitative estimate of drug-likeness (QED) is 0.900. The molecule has 0 aliphatic rings. The molecule has 0 saturated carbocycles. The molecule has 2 aromatic rings. The van der Waals surface area contributed by atoms with Crippen LogP contribution in [0.5, 0.6) is 5.75 Å². The van der Waals surface area contributed by atoms with E-state index >= 15 is 0 Å². The van der Waals surface area contributed by atoms with Crippen LogP contribution in [0.25, 0.3) is 11.1 Å². The molecule has 0 unspecified atom stereocenters. The Morgan fingerprint density at radius 1 is 1.28 bits per heavy atom. The number of benzene rings is 1. The summed E-state index contributed by atoms with van der Waals surface area (Å²) in [6.07, 6.45) is 3.22. The first kappa shape index (κ1) is 12.5. The maximum atomic E-state index is 14.0. The SMILES string of the molecule is CNCc1ccc(-c2cncc(OC)c2)c(F)c1. The van der Waals surface area contributed by atoms with E-state index < -0.39 is 0 Å². The topological polar surface area (TPSA) is 34.2 Å². The van der Waals surface area contributed by atoms with Gasteiger partial charge in [-0.3, -0.25) is 4.98 Å². The van der Waals surface area contributed by atoms with Crippen LogP contribution in [-0.2, 0) is 6.54 Å². The van der Waals surface area contributed by atoms with E-state index in [4.69, 9.17) is 4.74 Å². The Labute approximate surface area is 106 Å². The average molecular weight is 246 g/mol. The highest BCUT2D eigenvalue weighted by Gasteiger charge is 2.07. The third-order valence-electron chi connectivity index (χ3n) is 2.67. The van der Waals surface area contributed by atoms with Crippen LogP contribution in [0.15, 0.2) is 36.7 Å². The lowest BCUT2D eigenvalue weighted by atomic mass is 10.0. The molecule has 94 valence electrons. The highest BCUT2D eigenvalue weighted by Crippen LogP contribution is 2.25. The van der Waals surface area contributed by atoms with Gasteiger partial charge in [0, 0.05) is 23.9 Å². The molecule has 1 aromatic carbocycles. The first-order chi connectivity index (χ1) is 8.74. The molecular formula is C14H15FN2O. The molecule has 0 saturated heterocycles. The summed E-state index contributed by atoms with van der Waals surface area (Å²) in [5.41, 5.74) is 2.15. The third kappa shape index (κ3) is 2.65. The summed E-state index contributed by atoms with van der Waals surface area (Å²) >= 11 is 0. The zero-order valence-corrected chi connectivity index (χ0v) is 10.4. The number of methoxy groups -OCH3 is 1. The van der Waals surface area contributed by atoms with Gasteiger partial charge >= 0.3 is 0 Å². The first-order valence-corrected chi connectivity index (χ1v) is 5.67. The van der Waals surface area contributed by atoms with Crippen molar-refractivity contribution >= 4 is 0 Å². The van der Waals surface area contributed by atoms with Crippen LogP contribution in [-0.4, -0.2) is 19.1 Å². The highest BCUT2D eigenvalue weighted by atomic mass is 19.1. The molecule has 0 aliphatic heterocycles. The molecule has 1 aromatic heterocycles. The minimum atomic E-state index is -0.252. The second-order valence-corrected chi connectivity index (χ2v) is 3.96. The maximum absolute atomic E-state index is 14.0. The number of pyridine rings is 1. The zero-order chi connectivity index (χ0) is 13.0. The second-order valence-electron chi connectivity index (χ2n) is 3.96. The summed E-state index contributed by atoms with van der Waals surface area (Å²) in [4.78, 5) is 4.03. The van der Waals surface area contributed by atoms with Gasteiger partial charge < -0.3 is 10.1 Å². The average Bonchev–Trinajstić information content (AvgIpc) is 2.39. The molecule has 0 atom stereocenters. The van der Waals surface area contributed by atoms with Gasteiger partial charge in [-0.1, -0.05) is 12.1 Å². The number of hydrogen-bond acceptors (Lipinski definition) is 3. The van der Waals surface area contributed by atoms with Gasteiger partial charge in [0.05, 0.1) is 13.3 Å². The molecular weight excluding hydrogens is 231 g/mol. The normalized spacial score (nSPS) is 10.4. The molecule has 0 aliphatic carbocycles. The van der Waals surface area contributed by atoms with Crippen LogP contribution in [0.1, 0.15) is 5.56 Å². The van der Waals surface area contributed by atoms with Crippen LogP contribution in [0.3, 0.4) is 0 Å². The van der Waals surface area contributed by atoms with E-state index in [0.717, 1.165) is 5.56 Å². The lowest BCUT2D eigenvalue weighted by molar-refractivity contribution is 0.413. The largest absolute Gasteiger partial charge is 0.495 e. The van der Waals surface area contributed by atoms with E-state index in [2.05, 4.69) is 10.3 Å². The van der Waals surface area contributed by atoms with Crippen molar-refractivity contribution in [3.05, 3.63) is 48.0 Å². The Kier molecular flexibility index (Phi) is 3.89. The van der Waals surface area contributed by atoms with E-state index in [1.165, 1.54) is 6.07 Å². The number of nitrogens with zero attached hydrogens (tertiary/aromatic N) is 1.